The summed E-state index contributed by atoms with van der Waals surface area (Å²) in [5, 5.41) is 1.20. The molecule has 1 amide bonds. The molecular weight excluding hydrogens is 350 g/mol. The van der Waals surface area contributed by atoms with Crippen molar-refractivity contribution in [2.24, 2.45) is 0 Å². The number of carbonyl (C=O) groups is 1. The molecule has 0 unspecified atom stereocenters. The molecule has 3 rings (SSSR count). The SMILES string of the molecule is CCN(Cc1ccccc1Cl)C(=O)CCc1nc2ccccc2c(=O)[nH]1. The summed E-state index contributed by atoms with van der Waals surface area (Å²) in [5.74, 6) is 0.527. The van der Waals surface area contributed by atoms with Gasteiger partial charge in [-0.05, 0) is 30.7 Å². The van der Waals surface area contributed by atoms with Gasteiger partial charge in [-0.3, -0.25) is 9.59 Å². The highest BCUT2D eigenvalue weighted by molar-refractivity contribution is 6.31. The Balaban J connectivity index is 1.69. The van der Waals surface area contributed by atoms with Crippen LogP contribution in [0.4, 0.5) is 0 Å². The molecule has 134 valence electrons. The van der Waals surface area contributed by atoms with E-state index >= 15 is 0 Å². The van der Waals surface area contributed by atoms with Crippen molar-refractivity contribution in [2.75, 3.05) is 6.54 Å². The Morgan fingerprint density at radius 2 is 1.88 bits per heavy atom. The maximum Gasteiger partial charge on any atom is 0.258 e. The van der Waals surface area contributed by atoms with Gasteiger partial charge < -0.3 is 9.88 Å². The van der Waals surface area contributed by atoms with Crippen LogP contribution >= 0.6 is 11.6 Å². The minimum atomic E-state index is -0.179. The lowest BCUT2D eigenvalue weighted by atomic mass is 10.2. The number of halogens is 1. The zero-order valence-electron chi connectivity index (χ0n) is 14.5. The van der Waals surface area contributed by atoms with E-state index < -0.39 is 0 Å². The summed E-state index contributed by atoms with van der Waals surface area (Å²) < 4.78 is 0. The van der Waals surface area contributed by atoms with E-state index in [0.29, 0.717) is 41.3 Å². The van der Waals surface area contributed by atoms with Gasteiger partial charge in [0.05, 0.1) is 10.9 Å². The standard InChI is InChI=1S/C20H20ClN3O2/c1-2-24(13-14-7-3-5-9-16(14)21)19(25)12-11-18-22-17-10-6-4-8-15(17)20(26)23-18/h3-10H,2,11-13H2,1H3,(H,22,23,26). The van der Waals surface area contributed by atoms with Crippen molar-refractivity contribution < 1.29 is 4.79 Å². The third-order valence-electron chi connectivity index (χ3n) is 4.29. The van der Waals surface area contributed by atoms with Crippen LogP contribution in [0.15, 0.2) is 53.3 Å². The van der Waals surface area contributed by atoms with E-state index in [1.807, 2.05) is 37.3 Å². The molecule has 0 radical (unpaired) electrons. The van der Waals surface area contributed by atoms with Crippen LogP contribution in [0.25, 0.3) is 10.9 Å². The molecule has 0 bridgehead atoms. The van der Waals surface area contributed by atoms with Crippen LogP contribution in [-0.4, -0.2) is 27.3 Å². The number of carbonyl (C=O) groups excluding carboxylic acids is 1. The summed E-state index contributed by atoms with van der Waals surface area (Å²) in [7, 11) is 0. The fraction of sp³-hybridized carbons (Fsp3) is 0.250. The summed E-state index contributed by atoms with van der Waals surface area (Å²) >= 11 is 6.19. The highest BCUT2D eigenvalue weighted by Gasteiger charge is 2.14. The number of hydrogen-bond acceptors (Lipinski definition) is 3. The van der Waals surface area contributed by atoms with Crippen LogP contribution in [0, 0.1) is 0 Å². The third-order valence-corrected chi connectivity index (χ3v) is 4.66. The first-order valence-corrected chi connectivity index (χ1v) is 8.95. The van der Waals surface area contributed by atoms with Crippen molar-refractivity contribution in [1.29, 1.82) is 0 Å². The molecule has 0 saturated carbocycles. The zero-order valence-corrected chi connectivity index (χ0v) is 15.3. The minimum Gasteiger partial charge on any atom is -0.339 e. The van der Waals surface area contributed by atoms with E-state index in [2.05, 4.69) is 9.97 Å². The minimum absolute atomic E-state index is 0.00299. The molecule has 1 aromatic heterocycles. The molecular formula is C20H20ClN3O2. The molecule has 0 aliphatic rings. The topological polar surface area (TPSA) is 66.1 Å². The molecule has 2 aromatic carbocycles. The van der Waals surface area contributed by atoms with Crippen molar-refractivity contribution in [3.05, 3.63) is 75.3 Å². The van der Waals surface area contributed by atoms with E-state index in [1.165, 1.54) is 0 Å². The second-order valence-electron chi connectivity index (χ2n) is 6.03. The lowest BCUT2D eigenvalue weighted by Gasteiger charge is -2.21. The quantitative estimate of drug-likeness (QED) is 0.722. The van der Waals surface area contributed by atoms with Gasteiger partial charge in [-0.1, -0.05) is 41.9 Å². The van der Waals surface area contributed by atoms with Gasteiger partial charge in [0.2, 0.25) is 5.91 Å². The fourth-order valence-electron chi connectivity index (χ4n) is 2.85. The number of benzene rings is 2. The lowest BCUT2D eigenvalue weighted by molar-refractivity contribution is -0.131. The van der Waals surface area contributed by atoms with Crippen LogP contribution in [0.2, 0.25) is 5.02 Å². The van der Waals surface area contributed by atoms with E-state index in [-0.39, 0.29) is 17.9 Å². The number of aromatic nitrogens is 2. The van der Waals surface area contributed by atoms with Gasteiger partial charge in [-0.15, -0.1) is 0 Å². The second-order valence-corrected chi connectivity index (χ2v) is 6.44. The van der Waals surface area contributed by atoms with Crippen LogP contribution < -0.4 is 5.56 Å². The van der Waals surface area contributed by atoms with E-state index in [0.717, 1.165) is 5.56 Å². The predicted octanol–water partition coefficient (Wildman–Crippen LogP) is 3.56. The molecule has 6 heteroatoms. The van der Waals surface area contributed by atoms with Gasteiger partial charge in [0, 0.05) is 31.0 Å². The Bertz CT molecular complexity index is 984. The molecule has 0 aliphatic heterocycles. The first kappa shape index (κ1) is 18.1. The van der Waals surface area contributed by atoms with Crippen molar-refractivity contribution >= 4 is 28.4 Å². The largest absolute Gasteiger partial charge is 0.339 e. The number of nitrogens with one attached hydrogen (secondary N) is 1. The number of rotatable bonds is 6. The van der Waals surface area contributed by atoms with Gasteiger partial charge in [0.15, 0.2) is 0 Å². The average Bonchev–Trinajstić information content (AvgIpc) is 2.65. The van der Waals surface area contributed by atoms with Gasteiger partial charge in [0.1, 0.15) is 5.82 Å². The number of aryl methyl sites for hydroxylation is 1. The molecule has 0 spiro atoms. The number of fused-ring (bicyclic) bond motifs is 1. The van der Waals surface area contributed by atoms with Crippen LogP contribution in [-0.2, 0) is 17.8 Å². The Morgan fingerprint density at radius 1 is 1.15 bits per heavy atom. The number of H-pyrrole nitrogens is 1. The van der Waals surface area contributed by atoms with Crippen LogP contribution in [0.1, 0.15) is 24.7 Å². The monoisotopic (exact) mass is 369 g/mol. The number of amides is 1. The summed E-state index contributed by atoms with van der Waals surface area (Å²) in [5.41, 5.74) is 1.38. The molecule has 0 saturated heterocycles. The van der Waals surface area contributed by atoms with E-state index in [4.69, 9.17) is 11.6 Å². The smallest absolute Gasteiger partial charge is 0.258 e. The van der Waals surface area contributed by atoms with Gasteiger partial charge in [0.25, 0.3) is 5.56 Å². The van der Waals surface area contributed by atoms with Gasteiger partial charge in [-0.25, -0.2) is 4.98 Å². The molecule has 0 fully saturated rings. The molecule has 0 atom stereocenters. The van der Waals surface area contributed by atoms with Crippen LogP contribution in [0.3, 0.4) is 0 Å². The normalized spacial score (nSPS) is 10.8. The molecule has 1 N–H and O–H groups in total. The number of nitrogens with zero attached hydrogens (tertiary/aromatic N) is 2. The number of aromatic amines is 1. The fourth-order valence-corrected chi connectivity index (χ4v) is 3.04. The Labute approximate surface area is 156 Å². The number of hydrogen-bond donors (Lipinski definition) is 1. The van der Waals surface area contributed by atoms with E-state index in [9.17, 15) is 9.59 Å². The third kappa shape index (κ3) is 4.11. The zero-order chi connectivity index (χ0) is 18.5. The maximum atomic E-state index is 12.6. The molecule has 5 nitrogen and oxygen atoms in total. The van der Waals surface area contributed by atoms with Crippen LogP contribution in [0.5, 0.6) is 0 Å². The maximum absolute atomic E-state index is 12.6. The summed E-state index contributed by atoms with van der Waals surface area (Å²) in [6.45, 7) is 2.99. The summed E-state index contributed by atoms with van der Waals surface area (Å²) in [4.78, 5) is 33.6. The summed E-state index contributed by atoms with van der Waals surface area (Å²) in [6, 6.07) is 14.7. The van der Waals surface area contributed by atoms with Gasteiger partial charge in [-0.2, -0.15) is 0 Å². The van der Waals surface area contributed by atoms with E-state index in [1.54, 1.807) is 23.1 Å². The van der Waals surface area contributed by atoms with Crippen molar-refractivity contribution in [1.82, 2.24) is 14.9 Å². The highest BCUT2D eigenvalue weighted by atomic mass is 35.5. The first-order valence-electron chi connectivity index (χ1n) is 8.57. The van der Waals surface area contributed by atoms with Gasteiger partial charge >= 0.3 is 0 Å². The summed E-state index contributed by atoms with van der Waals surface area (Å²) in [6.07, 6.45) is 0.664. The van der Waals surface area contributed by atoms with Crippen molar-refractivity contribution in [3.63, 3.8) is 0 Å². The Hall–Kier alpha value is -2.66. The predicted molar refractivity (Wildman–Crippen MR) is 103 cm³/mol. The molecule has 26 heavy (non-hydrogen) atoms. The number of para-hydroxylation sites is 1. The first-order chi connectivity index (χ1) is 12.6. The van der Waals surface area contributed by atoms with Crippen molar-refractivity contribution in [3.8, 4) is 0 Å². The Kier molecular flexibility index (Phi) is 5.68. The second kappa shape index (κ2) is 8.15. The highest BCUT2D eigenvalue weighted by Crippen LogP contribution is 2.17. The van der Waals surface area contributed by atoms with Crippen molar-refractivity contribution in [2.45, 2.75) is 26.3 Å². The lowest BCUT2D eigenvalue weighted by Crippen LogP contribution is -2.30. The molecule has 1 heterocycles. The Morgan fingerprint density at radius 3 is 2.65 bits per heavy atom. The molecule has 0 aliphatic carbocycles. The average molecular weight is 370 g/mol. The molecule has 3 aromatic rings.